The van der Waals surface area contributed by atoms with Crippen LogP contribution in [0, 0.1) is 0 Å². The van der Waals surface area contributed by atoms with Crippen LogP contribution in [0.25, 0.3) is 11.1 Å². The Morgan fingerprint density at radius 1 is 1.27 bits per heavy atom. The Balaban J connectivity index is 1.73. The first-order chi connectivity index (χ1) is 10.5. The van der Waals surface area contributed by atoms with Crippen molar-refractivity contribution in [1.29, 1.82) is 0 Å². The molecule has 8 nitrogen and oxygen atoms in total. The molecule has 2 aromatic rings. The molecule has 1 aliphatic heterocycles. The maximum atomic E-state index is 11.9. The van der Waals surface area contributed by atoms with Gasteiger partial charge in [-0.25, -0.2) is 9.59 Å². The van der Waals surface area contributed by atoms with E-state index in [4.69, 9.17) is 14.9 Å². The number of hydrogen-bond acceptors (Lipinski definition) is 5. The van der Waals surface area contributed by atoms with E-state index in [9.17, 15) is 14.4 Å². The van der Waals surface area contributed by atoms with Gasteiger partial charge < -0.3 is 14.9 Å². The van der Waals surface area contributed by atoms with E-state index < -0.39 is 23.9 Å². The van der Waals surface area contributed by atoms with Gasteiger partial charge in [-0.2, -0.15) is 0 Å². The number of aromatic nitrogens is 1. The van der Waals surface area contributed by atoms with Gasteiger partial charge in [0.15, 0.2) is 11.7 Å². The van der Waals surface area contributed by atoms with Crippen LogP contribution in [0.3, 0.4) is 0 Å². The zero-order valence-corrected chi connectivity index (χ0v) is 11.5. The molecule has 22 heavy (non-hydrogen) atoms. The van der Waals surface area contributed by atoms with E-state index in [1.807, 2.05) is 0 Å². The molecule has 0 radical (unpaired) electrons. The zero-order chi connectivity index (χ0) is 15.4. The van der Waals surface area contributed by atoms with Crippen LogP contribution in [0.5, 0.6) is 0 Å². The van der Waals surface area contributed by atoms with E-state index in [1.54, 1.807) is 22.8 Å². The number of carbonyl (C=O) groups excluding carboxylic acids is 2. The Labute approximate surface area is 124 Å². The number of hydrogen-bond donors (Lipinski definition) is 1. The van der Waals surface area contributed by atoms with Gasteiger partial charge in [0.1, 0.15) is 0 Å². The smallest absolute Gasteiger partial charge is 0.420 e. The molecule has 0 bridgehead atoms. The predicted molar refractivity (Wildman–Crippen MR) is 75.6 cm³/mol. The van der Waals surface area contributed by atoms with Crippen molar-refractivity contribution < 1.29 is 18.7 Å². The number of fused-ring (bicyclic) bond motifs is 1. The van der Waals surface area contributed by atoms with Crippen molar-refractivity contribution >= 4 is 28.8 Å². The lowest BCUT2D eigenvalue weighted by atomic mass is 10.2. The van der Waals surface area contributed by atoms with Crippen LogP contribution in [0.4, 0.5) is 10.5 Å². The highest BCUT2D eigenvalue weighted by atomic mass is 16.6. The van der Waals surface area contributed by atoms with Crippen molar-refractivity contribution in [3.05, 3.63) is 28.7 Å². The summed E-state index contributed by atoms with van der Waals surface area (Å²) in [6.45, 7) is 0.0488. The number of amides is 2. The minimum atomic E-state index is -0.966. The summed E-state index contributed by atoms with van der Waals surface area (Å²) in [6, 6.07) is 5.23. The van der Waals surface area contributed by atoms with Gasteiger partial charge in [0, 0.05) is 12.1 Å². The molecular weight excluding hydrogens is 290 g/mol. The molecule has 0 spiro atoms. The molecule has 1 saturated heterocycles. The van der Waals surface area contributed by atoms with Gasteiger partial charge >= 0.3 is 11.8 Å². The third-order valence-electron chi connectivity index (χ3n) is 3.95. The number of cyclic esters (lactones) is 1. The van der Waals surface area contributed by atoms with E-state index in [0.717, 1.165) is 12.8 Å². The molecular formula is C14H13N3O5. The standard InChI is InChI=1S/C14H13N3O5/c15-12(18)11-6-16(13(19)22-11)8-3-4-9-10(5-8)21-14(20)17(9)7-1-2-7/h3-5,7,11H,1-2,6H2,(H2,15,18). The second kappa shape index (κ2) is 4.36. The largest absolute Gasteiger partial charge is 0.434 e. The van der Waals surface area contributed by atoms with Crippen molar-refractivity contribution in [1.82, 2.24) is 4.57 Å². The SMILES string of the molecule is NC(=O)C1CN(c2ccc3c(c2)oc(=O)n3C2CC2)C(=O)O1. The normalized spacial score (nSPS) is 21.4. The fourth-order valence-corrected chi connectivity index (χ4v) is 2.69. The van der Waals surface area contributed by atoms with Crippen LogP contribution in [0.2, 0.25) is 0 Å². The van der Waals surface area contributed by atoms with E-state index in [-0.39, 0.29) is 12.6 Å². The van der Waals surface area contributed by atoms with Crippen molar-refractivity contribution in [3.63, 3.8) is 0 Å². The molecule has 1 saturated carbocycles. The fraction of sp³-hybridized carbons (Fsp3) is 0.357. The lowest BCUT2D eigenvalue weighted by molar-refractivity contribution is -0.124. The molecule has 1 unspecified atom stereocenters. The Bertz CT molecular complexity index is 848. The lowest BCUT2D eigenvalue weighted by Gasteiger charge is -2.12. The molecule has 1 aliphatic carbocycles. The summed E-state index contributed by atoms with van der Waals surface area (Å²) in [5.41, 5.74) is 6.76. The van der Waals surface area contributed by atoms with Crippen molar-refractivity contribution in [2.24, 2.45) is 5.73 Å². The van der Waals surface area contributed by atoms with Crippen molar-refractivity contribution in [2.45, 2.75) is 25.0 Å². The Hall–Kier alpha value is -2.77. The van der Waals surface area contributed by atoms with Gasteiger partial charge in [-0.1, -0.05) is 0 Å². The molecule has 1 atom stereocenters. The van der Waals surface area contributed by atoms with Crippen LogP contribution in [0.15, 0.2) is 27.4 Å². The van der Waals surface area contributed by atoms with Gasteiger partial charge in [-0.3, -0.25) is 14.3 Å². The second-order valence-electron chi connectivity index (χ2n) is 5.51. The number of nitrogens with zero attached hydrogens (tertiary/aromatic N) is 2. The van der Waals surface area contributed by atoms with Crippen molar-refractivity contribution in [2.75, 3.05) is 11.4 Å². The molecule has 1 aromatic carbocycles. The summed E-state index contributed by atoms with van der Waals surface area (Å²) >= 11 is 0. The number of primary amides is 1. The Kier molecular flexibility index (Phi) is 2.56. The van der Waals surface area contributed by atoms with Crippen LogP contribution in [-0.2, 0) is 9.53 Å². The molecule has 114 valence electrons. The average Bonchev–Trinajstić information content (AvgIpc) is 3.13. The Morgan fingerprint density at radius 3 is 2.68 bits per heavy atom. The van der Waals surface area contributed by atoms with E-state index in [1.165, 1.54) is 4.90 Å². The van der Waals surface area contributed by atoms with E-state index >= 15 is 0 Å². The number of carbonyl (C=O) groups is 2. The predicted octanol–water partition coefficient (Wildman–Crippen LogP) is 0.740. The van der Waals surface area contributed by atoms with E-state index in [0.29, 0.717) is 16.8 Å². The third-order valence-corrected chi connectivity index (χ3v) is 3.95. The van der Waals surface area contributed by atoms with Gasteiger partial charge in [-0.15, -0.1) is 0 Å². The molecule has 8 heteroatoms. The molecule has 2 amide bonds. The molecule has 2 fully saturated rings. The average molecular weight is 303 g/mol. The first-order valence-electron chi connectivity index (χ1n) is 6.97. The highest BCUT2D eigenvalue weighted by molar-refractivity contribution is 5.96. The second-order valence-corrected chi connectivity index (χ2v) is 5.51. The van der Waals surface area contributed by atoms with Crippen LogP contribution < -0.4 is 16.4 Å². The van der Waals surface area contributed by atoms with Crippen LogP contribution in [-0.4, -0.2) is 29.2 Å². The summed E-state index contributed by atoms with van der Waals surface area (Å²) in [6.07, 6.45) is 0.322. The Morgan fingerprint density at radius 2 is 2.05 bits per heavy atom. The molecule has 2 heterocycles. The number of benzene rings is 1. The summed E-state index contributed by atoms with van der Waals surface area (Å²) in [5.74, 6) is -1.09. The molecule has 2 aliphatic rings. The first kappa shape index (κ1) is 12.9. The van der Waals surface area contributed by atoms with Gasteiger partial charge in [0.05, 0.1) is 17.7 Å². The van der Waals surface area contributed by atoms with Crippen molar-refractivity contribution in [3.8, 4) is 0 Å². The number of anilines is 1. The maximum Gasteiger partial charge on any atom is 0.420 e. The monoisotopic (exact) mass is 303 g/mol. The fourth-order valence-electron chi connectivity index (χ4n) is 2.69. The number of ether oxygens (including phenoxy) is 1. The van der Waals surface area contributed by atoms with E-state index in [2.05, 4.69) is 0 Å². The molecule has 2 N–H and O–H groups in total. The summed E-state index contributed by atoms with van der Waals surface area (Å²) < 4.78 is 11.8. The first-order valence-corrected chi connectivity index (χ1v) is 6.97. The lowest BCUT2D eigenvalue weighted by Crippen LogP contribution is -2.32. The number of nitrogens with two attached hydrogens (primary N) is 1. The molecule has 1 aromatic heterocycles. The topological polar surface area (TPSA) is 108 Å². The quantitative estimate of drug-likeness (QED) is 0.899. The number of rotatable bonds is 3. The summed E-state index contributed by atoms with van der Waals surface area (Å²) in [4.78, 5) is 36.1. The van der Waals surface area contributed by atoms with Crippen LogP contribution in [0.1, 0.15) is 18.9 Å². The summed E-state index contributed by atoms with van der Waals surface area (Å²) in [7, 11) is 0. The third kappa shape index (κ3) is 1.87. The molecule has 4 rings (SSSR count). The highest BCUT2D eigenvalue weighted by Gasteiger charge is 2.36. The van der Waals surface area contributed by atoms with Gasteiger partial charge in [-0.05, 0) is 25.0 Å². The summed E-state index contributed by atoms with van der Waals surface area (Å²) in [5, 5.41) is 0. The van der Waals surface area contributed by atoms with Gasteiger partial charge in [0.2, 0.25) is 0 Å². The van der Waals surface area contributed by atoms with Gasteiger partial charge in [0.25, 0.3) is 5.91 Å². The number of oxazole rings is 1. The highest BCUT2D eigenvalue weighted by Crippen LogP contribution is 2.37. The minimum Gasteiger partial charge on any atom is -0.434 e. The maximum absolute atomic E-state index is 11.9. The zero-order valence-electron chi connectivity index (χ0n) is 11.5. The minimum absolute atomic E-state index is 0.0488. The van der Waals surface area contributed by atoms with Crippen LogP contribution >= 0.6 is 0 Å².